The average Bonchev–Trinajstić information content (AvgIpc) is 3.18. The number of ketones is 2. The standard InChI is InChI=1S/C19H16NO3.C17H10F2NO.2C5H8O2.2Pt/c1-22-16-7-8-18(14(11-16)13-21)19-12-17(9-10-20-19)23-15-5-3-2-4-6-15;18-12-6-7-15(16(19)10-12)17-11-14(8-9-20-17)21-13-4-2-1-3-5-13;2*1-4(6)3-5(2)7;;/h2-7,9-12,21H,13H2,1H3;1-6,8-11H;2*3,6H,1-2H3;;/q2*-1;;;;. The van der Waals surface area contributed by atoms with Crippen LogP contribution in [0.15, 0.2) is 145 Å². The van der Waals surface area contributed by atoms with Crippen molar-refractivity contribution >= 4 is 11.6 Å². The van der Waals surface area contributed by atoms with Crippen LogP contribution in [0.1, 0.15) is 33.3 Å². The summed E-state index contributed by atoms with van der Waals surface area (Å²) in [5, 5.41) is 26.3. The number of methoxy groups -OCH3 is 1. The number of rotatable bonds is 10. The molecule has 0 unspecified atom stereocenters. The van der Waals surface area contributed by atoms with E-state index in [1.807, 2.05) is 66.7 Å². The summed E-state index contributed by atoms with van der Waals surface area (Å²) in [5.74, 6) is 1.75. The van der Waals surface area contributed by atoms with Gasteiger partial charge in [-0.3, -0.25) is 18.4 Å². The van der Waals surface area contributed by atoms with Crippen LogP contribution >= 0.6 is 0 Å². The van der Waals surface area contributed by atoms with Gasteiger partial charge in [0.1, 0.15) is 23.0 Å². The first-order chi connectivity index (χ1) is 27.8. The van der Waals surface area contributed by atoms with E-state index in [1.165, 1.54) is 46.0 Å². The summed E-state index contributed by atoms with van der Waals surface area (Å²) in [6.45, 7) is 5.58. The molecule has 60 heavy (non-hydrogen) atoms. The van der Waals surface area contributed by atoms with Crippen LogP contribution in [0.5, 0.6) is 28.7 Å². The van der Waals surface area contributed by atoms with E-state index in [2.05, 4.69) is 22.1 Å². The van der Waals surface area contributed by atoms with Crippen LogP contribution in [0, 0.1) is 23.8 Å². The van der Waals surface area contributed by atoms with E-state index in [0.717, 1.165) is 23.4 Å². The largest absolute Gasteiger partial charge is 0.540 e. The van der Waals surface area contributed by atoms with Gasteiger partial charge < -0.3 is 39.5 Å². The van der Waals surface area contributed by atoms with E-state index < -0.39 is 11.6 Å². The Morgan fingerprint density at radius 3 is 1.47 bits per heavy atom. The minimum absolute atomic E-state index is 0. The normalized spacial score (nSPS) is 10.3. The fourth-order valence-electron chi connectivity index (χ4n) is 4.70. The van der Waals surface area contributed by atoms with Crippen LogP contribution in [0.4, 0.5) is 8.78 Å². The molecule has 0 radical (unpaired) electrons. The van der Waals surface area contributed by atoms with Gasteiger partial charge in [-0.25, -0.2) is 0 Å². The number of pyridine rings is 2. The summed E-state index contributed by atoms with van der Waals surface area (Å²) in [4.78, 5) is 28.5. The van der Waals surface area contributed by atoms with E-state index in [9.17, 15) is 23.5 Å². The first kappa shape index (κ1) is 52.2. The minimum Gasteiger partial charge on any atom is -0.540 e. The third-order valence-corrected chi connectivity index (χ3v) is 7.02. The molecule has 0 bridgehead atoms. The molecule has 4 aromatic carbocycles. The molecule has 0 spiro atoms. The number of hydrogen-bond donors (Lipinski definition) is 3. The molecule has 0 atom stereocenters. The zero-order valence-electron chi connectivity index (χ0n) is 33.1. The number of aliphatic hydroxyl groups excluding tert-OH is 3. The van der Waals surface area contributed by atoms with Crippen LogP contribution < -0.4 is 14.2 Å². The molecule has 0 fully saturated rings. The zero-order chi connectivity index (χ0) is 42.5. The Morgan fingerprint density at radius 1 is 0.633 bits per heavy atom. The zero-order valence-corrected chi connectivity index (χ0v) is 37.6. The molecular weight excluding hydrogens is 1140 g/mol. The minimum atomic E-state index is -0.709. The molecule has 10 nitrogen and oxygen atoms in total. The van der Waals surface area contributed by atoms with Crippen molar-refractivity contribution in [1.29, 1.82) is 0 Å². The molecule has 0 aliphatic rings. The maximum Gasteiger partial charge on any atom is 0.155 e. The summed E-state index contributed by atoms with van der Waals surface area (Å²) >= 11 is 0. The second kappa shape index (κ2) is 27.8. The van der Waals surface area contributed by atoms with Gasteiger partial charge in [0, 0.05) is 90.7 Å². The Balaban J connectivity index is 0.000000448. The third kappa shape index (κ3) is 19.3. The van der Waals surface area contributed by atoms with Crippen LogP contribution in [0.3, 0.4) is 0 Å². The maximum atomic E-state index is 13.7. The third-order valence-electron chi connectivity index (χ3n) is 7.02. The average molecular weight is 1180 g/mol. The van der Waals surface area contributed by atoms with Gasteiger partial charge in [-0.05, 0) is 87.6 Å². The quantitative estimate of drug-likeness (QED) is 0.0688. The maximum absolute atomic E-state index is 13.7. The summed E-state index contributed by atoms with van der Waals surface area (Å²) in [6.07, 6.45) is 5.51. The number of para-hydroxylation sites is 2. The van der Waals surface area contributed by atoms with Crippen molar-refractivity contribution in [3.05, 3.63) is 175 Å². The molecule has 6 rings (SSSR count). The van der Waals surface area contributed by atoms with Crippen molar-refractivity contribution in [2.75, 3.05) is 7.11 Å². The SMILES string of the molecule is CC(=O)C=C(C)O.CC(=O)C=C(C)O.COc1c[c-]c(-c2cc(Oc3ccccc3)ccn2)c(CO)c1.Fc1c[c-]c(-c2cc(Oc3ccccc3)ccn2)c(F)c1.[Pt].[Pt]. The van der Waals surface area contributed by atoms with Crippen molar-refractivity contribution in [1.82, 2.24) is 9.97 Å². The van der Waals surface area contributed by atoms with Crippen molar-refractivity contribution in [2.24, 2.45) is 0 Å². The monoisotopic (exact) mass is 1180 g/mol. The Kier molecular flexibility index (Phi) is 24.2. The predicted octanol–water partition coefficient (Wildman–Crippen LogP) is 10.5. The number of halogens is 2. The van der Waals surface area contributed by atoms with E-state index in [-0.39, 0.29) is 77.4 Å². The second-order valence-electron chi connectivity index (χ2n) is 12.0. The van der Waals surface area contributed by atoms with Gasteiger partial charge >= 0.3 is 0 Å². The van der Waals surface area contributed by atoms with Crippen LogP contribution in [-0.4, -0.2) is 44.0 Å². The molecule has 0 saturated carbocycles. The first-order valence-electron chi connectivity index (χ1n) is 17.5. The Labute approximate surface area is 376 Å². The number of carbonyl (C=O) groups is 2. The van der Waals surface area contributed by atoms with Gasteiger partial charge in [-0.15, -0.1) is 29.8 Å². The Bertz CT molecular complexity index is 2280. The number of carbonyl (C=O) groups excluding carboxylic acids is 2. The smallest absolute Gasteiger partial charge is 0.155 e. The fourth-order valence-corrected chi connectivity index (χ4v) is 4.70. The number of aliphatic hydroxyl groups is 3. The van der Waals surface area contributed by atoms with Crippen molar-refractivity contribution < 1.29 is 90.0 Å². The summed E-state index contributed by atoms with van der Waals surface area (Å²) in [7, 11) is 1.58. The van der Waals surface area contributed by atoms with Gasteiger partial charge in [-0.1, -0.05) is 59.7 Å². The van der Waals surface area contributed by atoms with Crippen molar-refractivity contribution in [3.63, 3.8) is 0 Å². The number of nitrogens with zero attached hydrogens (tertiary/aromatic N) is 2. The molecule has 2 aromatic heterocycles. The van der Waals surface area contributed by atoms with E-state index >= 15 is 0 Å². The number of aromatic nitrogens is 2. The van der Waals surface area contributed by atoms with Crippen molar-refractivity contribution in [3.8, 4) is 51.3 Å². The van der Waals surface area contributed by atoms with Gasteiger partial charge in [0.05, 0.1) is 18.6 Å². The summed E-state index contributed by atoms with van der Waals surface area (Å²) < 4.78 is 43.3. The molecule has 14 heteroatoms. The molecule has 3 N–H and O–H groups in total. The molecule has 0 aliphatic carbocycles. The van der Waals surface area contributed by atoms with E-state index in [4.69, 9.17) is 24.4 Å². The van der Waals surface area contributed by atoms with Gasteiger partial charge in [0.25, 0.3) is 0 Å². The van der Waals surface area contributed by atoms with E-state index in [1.54, 1.807) is 43.6 Å². The molecule has 2 heterocycles. The van der Waals surface area contributed by atoms with Gasteiger partial charge in [0.15, 0.2) is 11.6 Å². The van der Waals surface area contributed by atoms with Gasteiger partial charge in [-0.2, -0.15) is 0 Å². The number of allylic oxidation sites excluding steroid dienone is 4. The van der Waals surface area contributed by atoms with Crippen LogP contribution in [0.25, 0.3) is 22.5 Å². The fraction of sp³-hybridized carbons (Fsp3) is 0.130. The Morgan fingerprint density at radius 2 is 1.08 bits per heavy atom. The van der Waals surface area contributed by atoms with Crippen LogP contribution in [-0.2, 0) is 58.3 Å². The summed E-state index contributed by atoms with van der Waals surface area (Å²) in [6, 6.07) is 36.6. The molecular formula is C46H42F2N2O8Pt2-2. The number of benzene rings is 4. The first-order valence-corrected chi connectivity index (χ1v) is 17.5. The molecule has 6 aromatic rings. The molecule has 0 saturated heterocycles. The topological polar surface area (TPSA) is 148 Å². The Hall–Kier alpha value is -5.80. The molecule has 320 valence electrons. The van der Waals surface area contributed by atoms with Crippen LogP contribution in [0.2, 0.25) is 0 Å². The second-order valence-corrected chi connectivity index (χ2v) is 12.0. The van der Waals surface area contributed by atoms with Crippen molar-refractivity contribution in [2.45, 2.75) is 34.3 Å². The summed E-state index contributed by atoms with van der Waals surface area (Å²) in [5.41, 5.74) is 2.56. The molecule has 0 aliphatic heterocycles. The van der Waals surface area contributed by atoms with E-state index in [0.29, 0.717) is 39.9 Å². The van der Waals surface area contributed by atoms with Gasteiger partial charge in [0.2, 0.25) is 0 Å². The number of ether oxygens (including phenoxy) is 3. The predicted molar refractivity (Wildman–Crippen MR) is 217 cm³/mol. The number of hydrogen-bond acceptors (Lipinski definition) is 10. The molecule has 0 amide bonds.